The molecule has 2 aliphatic rings. The fraction of sp³-hybridized carbons (Fsp3) is 0.524. The highest BCUT2D eigenvalue weighted by molar-refractivity contribution is 5.84. The van der Waals surface area contributed by atoms with Gasteiger partial charge in [-0.25, -0.2) is 4.79 Å². The molecular formula is C21H26N2O4. The molecule has 0 unspecified atom stereocenters. The van der Waals surface area contributed by atoms with Gasteiger partial charge >= 0.3 is 5.97 Å². The average molecular weight is 370 g/mol. The number of likely N-dealkylation sites (tertiary alicyclic amines) is 2. The standard InChI is InChI=1S/C21H26N2O4/c1-15(20(25)26)23-14-21(7-6-19(23)24)8-10-22(11-9-21)13-17-12-16-4-2-3-5-18(16)27-17/h2-5,12,15H,6-11,13-14H2,1H3,(H,25,26)/t15-/m1/s1. The Kier molecular flexibility index (Phi) is 4.68. The minimum Gasteiger partial charge on any atom is -0.480 e. The van der Waals surface area contributed by atoms with Gasteiger partial charge in [-0.1, -0.05) is 18.2 Å². The third-order valence-corrected chi connectivity index (χ3v) is 6.29. The topological polar surface area (TPSA) is 74.0 Å². The molecular weight excluding hydrogens is 344 g/mol. The van der Waals surface area contributed by atoms with Crippen LogP contribution in [-0.2, 0) is 16.1 Å². The van der Waals surface area contributed by atoms with E-state index >= 15 is 0 Å². The fourth-order valence-corrected chi connectivity index (χ4v) is 4.46. The van der Waals surface area contributed by atoms with Gasteiger partial charge in [0, 0.05) is 18.4 Å². The minimum atomic E-state index is -0.928. The molecule has 2 aliphatic heterocycles. The monoisotopic (exact) mass is 370 g/mol. The summed E-state index contributed by atoms with van der Waals surface area (Å²) in [5.41, 5.74) is 0.979. The third-order valence-electron chi connectivity index (χ3n) is 6.29. The lowest BCUT2D eigenvalue weighted by Crippen LogP contribution is -2.55. The van der Waals surface area contributed by atoms with Gasteiger partial charge in [-0.2, -0.15) is 0 Å². The summed E-state index contributed by atoms with van der Waals surface area (Å²) in [4.78, 5) is 27.5. The van der Waals surface area contributed by atoms with Crippen molar-refractivity contribution in [3.63, 3.8) is 0 Å². The van der Waals surface area contributed by atoms with Crippen molar-refractivity contribution in [2.45, 2.75) is 45.2 Å². The number of piperidine rings is 2. The first-order valence-electron chi connectivity index (χ1n) is 9.68. The van der Waals surface area contributed by atoms with Gasteiger partial charge in [-0.3, -0.25) is 9.69 Å². The van der Waals surface area contributed by atoms with Crippen molar-refractivity contribution in [3.8, 4) is 0 Å². The molecule has 2 aromatic rings. The first-order valence-corrected chi connectivity index (χ1v) is 9.68. The van der Waals surface area contributed by atoms with Crippen molar-refractivity contribution < 1.29 is 19.1 Å². The molecule has 1 amide bonds. The molecule has 2 fully saturated rings. The molecule has 6 nitrogen and oxygen atoms in total. The number of carbonyl (C=O) groups is 2. The number of nitrogens with zero attached hydrogens (tertiary/aromatic N) is 2. The first kappa shape index (κ1) is 18.0. The Balaban J connectivity index is 1.39. The van der Waals surface area contributed by atoms with Crippen LogP contribution in [0.25, 0.3) is 11.0 Å². The Morgan fingerprint density at radius 1 is 1.26 bits per heavy atom. The number of aliphatic carboxylic acids is 1. The van der Waals surface area contributed by atoms with Gasteiger partial charge in [-0.15, -0.1) is 0 Å². The van der Waals surface area contributed by atoms with Gasteiger partial charge in [0.25, 0.3) is 0 Å². The molecule has 6 heteroatoms. The molecule has 144 valence electrons. The smallest absolute Gasteiger partial charge is 0.326 e. The van der Waals surface area contributed by atoms with Crippen LogP contribution in [0.3, 0.4) is 0 Å². The van der Waals surface area contributed by atoms with E-state index in [9.17, 15) is 14.7 Å². The number of hydrogen-bond acceptors (Lipinski definition) is 4. The summed E-state index contributed by atoms with van der Waals surface area (Å²) in [5.74, 6) is 0.0232. The van der Waals surface area contributed by atoms with E-state index < -0.39 is 12.0 Å². The maximum absolute atomic E-state index is 12.2. The lowest BCUT2D eigenvalue weighted by molar-refractivity contribution is -0.155. The summed E-state index contributed by atoms with van der Waals surface area (Å²) >= 11 is 0. The summed E-state index contributed by atoms with van der Waals surface area (Å²) in [6.07, 6.45) is 3.31. The Morgan fingerprint density at radius 2 is 2.00 bits per heavy atom. The van der Waals surface area contributed by atoms with E-state index in [0.717, 1.165) is 55.6 Å². The van der Waals surface area contributed by atoms with Gasteiger partial charge in [-0.05, 0) is 56.8 Å². The van der Waals surface area contributed by atoms with Crippen LogP contribution in [0.4, 0.5) is 0 Å². The predicted octanol–water partition coefficient (Wildman–Crippen LogP) is 3.11. The molecule has 1 spiro atoms. The van der Waals surface area contributed by atoms with Crippen LogP contribution in [-0.4, -0.2) is 52.5 Å². The molecule has 3 heterocycles. The number of carboxylic acids is 1. The number of para-hydroxylation sites is 1. The number of carbonyl (C=O) groups excluding carboxylic acids is 1. The highest BCUT2D eigenvalue weighted by Gasteiger charge is 2.43. The summed E-state index contributed by atoms with van der Waals surface area (Å²) in [6, 6.07) is 9.40. The Labute approximate surface area is 158 Å². The molecule has 0 radical (unpaired) electrons. The molecule has 1 atom stereocenters. The van der Waals surface area contributed by atoms with Crippen molar-refractivity contribution in [3.05, 3.63) is 36.1 Å². The van der Waals surface area contributed by atoms with Crippen molar-refractivity contribution >= 4 is 22.8 Å². The predicted molar refractivity (Wildman–Crippen MR) is 101 cm³/mol. The summed E-state index contributed by atoms with van der Waals surface area (Å²) in [6.45, 7) is 4.85. The molecule has 4 rings (SSSR count). The first-order chi connectivity index (χ1) is 13.0. The molecule has 1 N–H and O–H groups in total. The largest absolute Gasteiger partial charge is 0.480 e. The van der Waals surface area contributed by atoms with Crippen LogP contribution < -0.4 is 0 Å². The SMILES string of the molecule is C[C@H](C(=O)O)N1CC2(CCC1=O)CCN(Cc1cc3ccccc3o1)CC2. The number of amides is 1. The van der Waals surface area contributed by atoms with E-state index in [1.165, 1.54) is 0 Å². The van der Waals surface area contributed by atoms with Crippen molar-refractivity contribution in [1.29, 1.82) is 0 Å². The zero-order chi connectivity index (χ0) is 19.0. The van der Waals surface area contributed by atoms with Gasteiger partial charge in [0.15, 0.2) is 0 Å². The van der Waals surface area contributed by atoms with Crippen LogP contribution in [0.2, 0.25) is 0 Å². The molecule has 0 bridgehead atoms. The van der Waals surface area contributed by atoms with Crippen LogP contribution in [0, 0.1) is 5.41 Å². The van der Waals surface area contributed by atoms with Crippen molar-refractivity contribution in [1.82, 2.24) is 9.80 Å². The number of fused-ring (bicyclic) bond motifs is 1. The molecule has 1 aromatic heterocycles. The maximum atomic E-state index is 12.2. The van der Waals surface area contributed by atoms with Crippen LogP contribution in [0.5, 0.6) is 0 Å². The Morgan fingerprint density at radius 3 is 2.70 bits per heavy atom. The van der Waals surface area contributed by atoms with Crippen LogP contribution >= 0.6 is 0 Å². The summed E-state index contributed by atoms with van der Waals surface area (Å²) < 4.78 is 5.94. The molecule has 0 saturated carbocycles. The van der Waals surface area contributed by atoms with E-state index in [1.807, 2.05) is 18.2 Å². The van der Waals surface area contributed by atoms with Gasteiger partial charge < -0.3 is 14.4 Å². The Hall–Kier alpha value is -2.34. The van der Waals surface area contributed by atoms with E-state index in [2.05, 4.69) is 17.0 Å². The highest BCUT2D eigenvalue weighted by atomic mass is 16.4. The number of furan rings is 1. The second-order valence-corrected chi connectivity index (χ2v) is 8.06. The van der Waals surface area contributed by atoms with E-state index in [1.54, 1.807) is 11.8 Å². The number of benzene rings is 1. The fourth-order valence-electron chi connectivity index (χ4n) is 4.46. The van der Waals surface area contributed by atoms with Crippen LogP contribution in [0.1, 0.15) is 38.4 Å². The summed E-state index contributed by atoms with van der Waals surface area (Å²) in [5, 5.41) is 10.4. The molecule has 27 heavy (non-hydrogen) atoms. The lowest BCUT2D eigenvalue weighted by atomic mass is 9.72. The zero-order valence-electron chi connectivity index (χ0n) is 15.7. The Bertz CT molecular complexity index is 818. The number of carboxylic acid groups (broad SMARTS) is 1. The minimum absolute atomic E-state index is 0.0276. The average Bonchev–Trinajstić information content (AvgIpc) is 3.07. The van der Waals surface area contributed by atoms with Crippen molar-refractivity contribution in [2.24, 2.45) is 5.41 Å². The van der Waals surface area contributed by atoms with E-state index in [4.69, 9.17) is 4.42 Å². The molecule has 2 saturated heterocycles. The molecule has 1 aromatic carbocycles. The highest BCUT2D eigenvalue weighted by Crippen LogP contribution is 2.41. The lowest BCUT2D eigenvalue weighted by Gasteiger charge is -2.48. The second-order valence-electron chi connectivity index (χ2n) is 8.06. The molecule has 0 aliphatic carbocycles. The third kappa shape index (κ3) is 3.58. The maximum Gasteiger partial charge on any atom is 0.326 e. The second kappa shape index (κ2) is 7.00. The summed E-state index contributed by atoms with van der Waals surface area (Å²) in [7, 11) is 0. The van der Waals surface area contributed by atoms with Crippen LogP contribution in [0.15, 0.2) is 34.7 Å². The zero-order valence-corrected chi connectivity index (χ0v) is 15.7. The quantitative estimate of drug-likeness (QED) is 0.895. The van der Waals surface area contributed by atoms with E-state index in [0.29, 0.717) is 13.0 Å². The van der Waals surface area contributed by atoms with E-state index in [-0.39, 0.29) is 11.3 Å². The van der Waals surface area contributed by atoms with Crippen molar-refractivity contribution in [2.75, 3.05) is 19.6 Å². The van der Waals surface area contributed by atoms with Gasteiger partial charge in [0.2, 0.25) is 5.91 Å². The number of rotatable bonds is 4. The van der Waals surface area contributed by atoms with Gasteiger partial charge in [0.1, 0.15) is 17.4 Å². The number of hydrogen-bond donors (Lipinski definition) is 1. The normalized spacial score (nSPS) is 21.7. The van der Waals surface area contributed by atoms with Gasteiger partial charge in [0.05, 0.1) is 6.54 Å².